The molecular formula is C14H22N2O3S. The van der Waals surface area contributed by atoms with Crippen LogP contribution < -0.4 is 10.0 Å². The Balaban J connectivity index is 2.62. The first-order valence-corrected chi connectivity index (χ1v) is 7.96. The molecule has 1 aromatic rings. The third-order valence-electron chi connectivity index (χ3n) is 2.41. The van der Waals surface area contributed by atoms with Crippen LogP contribution in [0, 0.1) is 11.8 Å². The topological polar surface area (TPSA) is 71.3 Å². The van der Waals surface area contributed by atoms with E-state index in [1.165, 1.54) is 6.07 Å². The van der Waals surface area contributed by atoms with Crippen LogP contribution in [0.2, 0.25) is 0 Å². The molecule has 0 saturated carbocycles. The normalized spacial score (nSPS) is 12.0. The second-order valence-corrected chi connectivity index (χ2v) is 7.10. The zero-order chi connectivity index (χ0) is 15.2. The van der Waals surface area contributed by atoms with Crippen LogP contribution in [0.15, 0.2) is 21.6 Å². The first-order chi connectivity index (χ1) is 9.24. The molecule has 5 nitrogen and oxygen atoms in total. The fourth-order valence-corrected chi connectivity index (χ4v) is 2.37. The van der Waals surface area contributed by atoms with E-state index in [2.05, 4.69) is 21.9 Å². The van der Waals surface area contributed by atoms with Crippen molar-refractivity contribution >= 4 is 10.0 Å². The highest BCUT2D eigenvalue weighted by Gasteiger charge is 2.18. The Morgan fingerprint density at radius 2 is 2.00 bits per heavy atom. The highest BCUT2D eigenvalue weighted by atomic mass is 32.2. The molecule has 1 aromatic heterocycles. The Morgan fingerprint density at radius 3 is 2.60 bits per heavy atom. The van der Waals surface area contributed by atoms with E-state index in [4.69, 9.17) is 4.42 Å². The van der Waals surface area contributed by atoms with Gasteiger partial charge in [0.25, 0.3) is 10.0 Å². The lowest BCUT2D eigenvalue weighted by atomic mass is 10.1. The maximum absolute atomic E-state index is 11.9. The van der Waals surface area contributed by atoms with Crippen LogP contribution in [0.5, 0.6) is 0 Å². The summed E-state index contributed by atoms with van der Waals surface area (Å²) in [5, 5.41) is 3.17. The van der Waals surface area contributed by atoms with E-state index in [9.17, 15) is 8.42 Å². The number of nitrogens with one attached hydrogen (secondary N) is 2. The average molecular weight is 298 g/mol. The van der Waals surface area contributed by atoms with Gasteiger partial charge in [-0.05, 0) is 39.8 Å². The second-order valence-electron chi connectivity index (χ2n) is 5.40. The van der Waals surface area contributed by atoms with Gasteiger partial charge in [-0.3, -0.25) is 0 Å². The van der Waals surface area contributed by atoms with E-state index in [1.54, 1.807) is 13.0 Å². The Hall–Kier alpha value is -1.29. The molecule has 112 valence electrons. The first-order valence-electron chi connectivity index (χ1n) is 6.47. The van der Waals surface area contributed by atoms with Crippen LogP contribution in [-0.2, 0) is 16.6 Å². The third kappa shape index (κ3) is 5.78. The fourth-order valence-electron chi connectivity index (χ4n) is 1.39. The lowest BCUT2D eigenvalue weighted by molar-refractivity contribution is 0.359. The number of rotatable bonds is 6. The molecule has 0 saturated heterocycles. The molecular weight excluding hydrogens is 276 g/mol. The van der Waals surface area contributed by atoms with Crippen molar-refractivity contribution in [2.24, 2.45) is 0 Å². The molecule has 0 unspecified atom stereocenters. The smallest absolute Gasteiger partial charge is 0.273 e. The molecule has 6 heteroatoms. The summed E-state index contributed by atoms with van der Waals surface area (Å²) in [6.45, 7) is 8.58. The van der Waals surface area contributed by atoms with Gasteiger partial charge in [-0.15, -0.1) is 11.8 Å². The van der Waals surface area contributed by atoms with Gasteiger partial charge >= 0.3 is 0 Å². The van der Waals surface area contributed by atoms with Crippen molar-refractivity contribution in [1.82, 2.24) is 10.0 Å². The van der Waals surface area contributed by atoms with E-state index in [0.29, 0.717) is 18.7 Å². The van der Waals surface area contributed by atoms with Crippen molar-refractivity contribution in [3.05, 3.63) is 17.9 Å². The van der Waals surface area contributed by atoms with Gasteiger partial charge < -0.3 is 9.73 Å². The lowest BCUT2D eigenvalue weighted by Crippen LogP contribution is -2.34. The first kappa shape index (κ1) is 16.8. The van der Waals surface area contributed by atoms with Gasteiger partial charge in [0.05, 0.1) is 6.54 Å². The van der Waals surface area contributed by atoms with E-state index in [-0.39, 0.29) is 17.2 Å². The molecule has 0 bridgehead atoms. The van der Waals surface area contributed by atoms with Crippen LogP contribution in [0.4, 0.5) is 0 Å². The molecule has 0 fully saturated rings. The summed E-state index contributed by atoms with van der Waals surface area (Å²) in [6, 6.07) is 3.13. The minimum absolute atomic E-state index is 0.0527. The molecule has 0 aromatic carbocycles. The largest absolute Gasteiger partial charge is 0.447 e. The Bertz CT molecular complexity index is 586. The SMILES string of the molecule is CC#CCCNS(=O)(=O)c1ccc(CNC(C)(C)C)o1. The van der Waals surface area contributed by atoms with E-state index >= 15 is 0 Å². The van der Waals surface area contributed by atoms with Gasteiger partial charge in [0.15, 0.2) is 0 Å². The standard InChI is InChI=1S/C14H22N2O3S/c1-5-6-7-10-16-20(17,18)13-9-8-12(19-13)11-15-14(2,3)4/h8-9,15-16H,7,10-11H2,1-4H3. The molecule has 2 N–H and O–H groups in total. The summed E-state index contributed by atoms with van der Waals surface area (Å²) in [7, 11) is -3.59. The summed E-state index contributed by atoms with van der Waals surface area (Å²) in [4.78, 5) is 0. The van der Waals surface area contributed by atoms with Gasteiger partial charge in [0.1, 0.15) is 5.76 Å². The summed E-state index contributed by atoms with van der Waals surface area (Å²) in [6.07, 6.45) is 0.481. The van der Waals surface area contributed by atoms with Gasteiger partial charge in [-0.1, -0.05) is 0 Å². The van der Waals surface area contributed by atoms with Gasteiger partial charge in [-0.2, -0.15) is 0 Å². The Kier molecular flexibility index (Phi) is 5.81. The summed E-state index contributed by atoms with van der Waals surface area (Å²) in [5.74, 6) is 6.10. The predicted molar refractivity (Wildman–Crippen MR) is 78.6 cm³/mol. The van der Waals surface area contributed by atoms with E-state index in [0.717, 1.165) is 0 Å². The number of hydrogen-bond donors (Lipinski definition) is 2. The maximum Gasteiger partial charge on any atom is 0.273 e. The Labute approximate surface area is 121 Å². The van der Waals surface area contributed by atoms with Crippen molar-refractivity contribution in [3.8, 4) is 11.8 Å². The zero-order valence-corrected chi connectivity index (χ0v) is 13.2. The number of hydrogen-bond acceptors (Lipinski definition) is 4. The zero-order valence-electron chi connectivity index (χ0n) is 12.4. The van der Waals surface area contributed by atoms with Crippen molar-refractivity contribution in [1.29, 1.82) is 0 Å². The molecule has 0 amide bonds. The van der Waals surface area contributed by atoms with E-state index < -0.39 is 10.0 Å². The van der Waals surface area contributed by atoms with Crippen molar-refractivity contribution in [2.45, 2.75) is 51.3 Å². The monoisotopic (exact) mass is 298 g/mol. The molecule has 20 heavy (non-hydrogen) atoms. The summed E-state index contributed by atoms with van der Waals surface area (Å²) >= 11 is 0. The molecule has 0 atom stereocenters. The highest BCUT2D eigenvalue weighted by molar-refractivity contribution is 7.89. The molecule has 0 aliphatic carbocycles. The minimum Gasteiger partial charge on any atom is -0.447 e. The summed E-state index contributed by atoms with van der Waals surface area (Å²) in [5.41, 5.74) is -0.0527. The van der Waals surface area contributed by atoms with Gasteiger partial charge in [-0.25, -0.2) is 13.1 Å². The van der Waals surface area contributed by atoms with Crippen molar-refractivity contribution in [3.63, 3.8) is 0 Å². The maximum atomic E-state index is 11.9. The molecule has 0 aliphatic heterocycles. The van der Waals surface area contributed by atoms with Crippen molar-refractivity contribution in [2.75, 3.05) is 6.54 Å². The van der Waals surface area contributed by atoms with Crippen LogP contribution in [0.3, 0.4) is 0 Å². The average Bonchev–Trinajstić information content (AvgIpc) is 2.81. The molecule has 0 radical (unpaired) electrons. The molecule has 0 spiro atoms. The third-order valence-corrected chi connectivity index (χ3v) is 3.75. The quantitative estimate of drug-likeness (QED) is 0.621. The highest BCUT2D eigenvalue weighted by Crippen LogP contribution is 2.14. The second kappa shape index (κ2) is 6.93. The lowest BCUT2D eigenvalue weighted by Gasteiger charge is -2.19. The molecule has 1 rings (SSSR count). The van der Waals surface area contributed by atoms with Crippen LogP contribution >= 0.6 is 0 Å². The van der Waals surface area contributed by atoms with Crippen LogP contribution in [0.25, 0.3) is 0 Å². The fraction of sp³-hybridized carbons (Fsp3) is 0.571. The Morgan fingerprint density at radius 1 is 1.30 bits per heavy atom. The van der Waals surface area contributed by atoms with E-state index in [1.807, 2.05) is 20.8 Å². The molecule has 0 aliphatic rings. The molecule has 1 heterocycles. The summed E-state index contributed by atoms with van der Waals surface area (Å²) < 4.78 is 31.7. The van der Waals surface area contributed by atoms with Crippen LogP contribution in [-0.4, -0.2) is 20.5 Å². The van der Waals surface area contributed by atoms with Gasteiger partial charge in [0, 0.05) is 18.5 Å². The van der Waals surface area contributed by atoms with Gasteiger partial charge in [0.2, 0.25) is 5.09 Å². The minimum atomic E-state index is -3.59. The number of furan rings is 1. The predicted octanol–water partition coefficient (Wildman–Crippen LogP) is 1.86. The van der Waals surface area contributed by atoms with Crippen LogP contribution in [0.1, 0.15) is 39.9 Å². The van der Waals surface area contributed by atoms with Crippen molar-refractivity contribution < 1.29 is 12.8 Å². The number of sulfonamides is 1.